The summed E-state index contributed by atoms with van der Waals surface area (Å²) in [6.07, 6.45) is -2.91. The molecule has 1 N–H and O–H groups in total. The summed E-state index contributed by atoms with van der Waals surface area (Å²) in [6.45, 7) is 1.43. The minimum Gasteiger partial charge on any atom is -0.476 e. The molecule has 13 heteroatoms. The topological polar surface area (TPSA) is 121 Å². The van der Waals surface area contributed by atoms with Gasteiger partial charge >= 0.3 is 12.1 Å². The van der Waals surface area contributed by atoms with Crippen LogP contribution in [-0.4, -0.2) is 63.6 Å². The largest absolute Gasteiger partial charge is 0.476 e. The van der Waals surface area contributed by atoms with Gasteiger partial charge < -0.3 is 29.0 Å². The van der Waals surface area contributed by atoms with Crippen molar-refractivity contribution in [3.8, 4) is 22.6 Å². The molecule has 222 valence electrons. The van der Waals surface area contributed by atoms with Gasteiger partial charge in [-0.3, -0.25) is 4.99 Å². The van der Waals surface area contributed by atoms with Gasteiger partial charge in [0.05, 0.1) is 11.1 Å². The lowest BCUT2D eigenvalue weighted by atomic mass is 9.96. The van der Waals surface area contributed by atoms with Crippen molar-refractivity contribution in [1.29, 1.82) is 0 Å². The molecule has 0 saturated heterocycles. The van der Waals surface area contributed by atoms with Crippen LogP contribution in [0.2, 0.25) is 0 Å². The van der Waals surface area contributed by atoms with E-state index in [1.54, 1.807) is 37.3 Å². The van der Waals surface area contributed by atoms with E-state index in [1.807, 2.05) is 0 Å². The third-order valence-electron chi connectivity index (χ3n) is 5.65. The van der Waals surface area contributed by atoms with E-state index in [-0.39, 0.29) is 23.6 Å². The number of nitrogens with zero attached hydrogens (tertiary/aromatic N) is 3. The Hall–Kier alpha value is -4.91. The predicted molar refractivity (Wildman–Crippen MR) is 149 cm³/mol. The molecule has 1 atom stereocenters. The number of carbonyl (C=O) groups is 1. The van der Waals surface area contributed by atoms with Gasteiger partial charge in [0.15, 0.2) is 12.4 Å². The van der Waals surface area contributed by atoms with Gasteiger partial charge in [-0.1, -0.05) is 52.8 Å². The highest BCUT2D eigenvalue weighted by molar-refractivity contribution is 6.43. The number of rotatable bonds is 13. The summed E-state index contributed by atoms with van der Waals surface area (Å²) in [5, 5.41) is 17.2. The van der Waals surface area contributed by atoms with Crippen molar-refractivity contribution in [2.45, 2.75) is 19.4 Å². The van der Waals surface area contributed by atoms with Gasteiger partial charge in [-0.05, 0) is 36.2 Å². The molecule has 3 rings (SSSR count). The monoisotopic (exact) mass is 587 g/mol. The lowest BCUT2D eigenvalue weighted by Crippen LogP contribution is -2.21. The number of benzene rings is 3. The third-order valence-corrected chi connectivity index (χ3v) is 5.65. The number of aliphatic carboxylic acids is 1. The second kappa shape index (κ2) is 14.6. The normalized spacial score (nSPS) is 12.9. The van der Waals surface area contributed by atoms with Crippen LogP contribution in [0.5, 0.6) is 11.5 Å². The van der Waals surface area contributed by atoms with Crippen molar-refractivity contribution in [1.82, 2.24) is 0 Å². The Balaban J connectivity index is 2.09. The first kappa shape index (κ1) is 31.6. The molecule has 0 saturated carbocycles. The van der Waals surface area contributed by atoms with E-state index in [9.17, 15) is 23.1 Å². The first-order valence-corrected chi connectivity index (χ1v) is 12.2. The number of carboxylic acids is 1. The maximum Gasteiger partial charge on any atom is 0.416 e. The Bertz CT molecular complexity index is 1470. The molecule has 3 aromatic rings. The Morgan fingerprint density at radius 2 is 1.67 bits per heavy atom. The summed E-state index contributed by atoms with van der Waals surface area (Å²) >= 11 is 0. The van der Waals surface area contributed by atoms with E-state index in [0.717, 1.165) is 12.1 Å². The molecule has 42 heavy (non-hydrogen) atoms. The summed E-state index contributed by atoms with van der Waals surface area (Å²) in [5.41, 5.74) is 0.614. The number of para-hydroxylation sites is 2. The number of halogens is 3. The van der Waals surface area contributed by atoms with Crippen molar-refractivity contribution in [3.05, 3.63) is 82.9 Å². The van der Waals surface area contributed by atoms with E-state index in [0.29, 0.717) is 22.4 Å². The molecule has 0 aliphatic heterocycles. The number of hydrogen-bond acceptors (Lipinski definition) is 9. The molecule has 0 radical (unpaired) electrons. The SMILES string of the molecule is CO/N=C/C(OC)Oc1c(C)cccc1-c1cccc(/C(=N\OC)C(=O)O)c1OC/N=C/c1cccc(C(F)(F)F)c1. The molecule has 0 aromatic heterocycles. The predicted octanol–water partition coefficient (Wildman–Crippen LogP) is 5.55. The molecule has 0 bridgehead atoms. The Morgan fingerprint density at radius 3 is 2.31 bits per heavy atom. The summed E-state index contributed by atoms with van der Waals surface area (Å²) < 4.78 is 56.6. The molecule has 0 heterocycles. The fourth-order valence-electron chi connectivity index (χ4n) is 3.81. The minimum atomic E-state index is -4.51. The van der Waals surface area contributed by atoms with Crippen molar-refractivity contribution >= 4 is 24.1 Å². The van der Waals surface area contributed by atoms with E-state index in [2.05, 4.69) is 15.3 Å². The van der Waals surface area contributed by atoms with Crippen LogP contribution in [0, 0.1) is 6.92 Å². The molecule has 0 aliphatic carbocycles. The number of aryl methyl sites for hydroxylation is 1. The number of carboxylic acid groups (broad SMARTS) is 1. The van der Waals surface area contributed by atoms with Crippen LogP contribution in [0.3, 0.4) is 0 Å². The highest BCUT2D eigenvalue weighted by Gasteiger charge is 2.30. The van der Waals surface area contributed by atoms with Crippen LogP contribution in [-0.2, 0) is 25.4 Å². The zero-order valence-corrected chi connectivity index (χ0v) is 23.1. The Kier molecular flexibility index (Phi) is 11.0. The molecule has 0 spiro atoms. The Morgan fingerprint density at radius 1 is 0.976 bits per heavy atom. The summed E-state index contributed by atoms with van der Waals surface area (Å²) in [7, 11) is 3.99. The van der Waals surface area contributed by atoms with Crippen LogP contribution in [0.15, 0.2) is 76.0 Å². The van der Waals surface area contributed by atoms with Crippen LogP contribution in [0.1, 0.15) is 22.3 Å². The number of ether oxygens (including phenoxy) is 3. The fraction of sp³-hybridized carbons (Fsp3) is 0.241. The zero-order chi connectivity index (χ0) is 30.7. The second-order valence-corrected chi connectivity index (χ2v) is 8.43. The average molecular weight is 588 g/mol. The minimum absolute atomic E-state index is 0.0619. The van der Waals surface area contributed by atoms with Crippen LogP contribution in [0.4, 0.5) is 13.2 Å². The summed E-state index contributed by atoms with van der Waals surface area (Å²) in [6, 6.07) is 14.7. The van der Waals surface area contributed by atoms with Crippen LogP contribution >= 0.6 is 0 Å². The molecule has 3 aromatic carbocycles. The van der Waals surface area contributed by atoms with Crippen LogP contribution < -0.4 is 9.47 Å². The number of methoxy groups -OCH3 is 1. The summed E-state index contributed by atoms with van der Waals surface area (Å²) in [4.78, 5) is 25.6. The zero-order valence-electron chi connectivity index (χ0n) is 23.1. The van der Waals surface area contributed by atoms with Gasteiger partial charge in [-0.25, -0.2) is 4.79 Å². The Labute approximate surface area is 239 Å². The lowest BCUT2D eigenvalue weighted by Gasteiger charge is -2.21. The van der Waals surface area contributed by atoms with Crippen molar-refractivity contribution in [3.63, 3.8) is 0 Å². The van der Waals surface area contributed by atoms with Crippen molar-refractivity contribution < 1.29 is 47.0 Å². The van der Waals surface area contributed by atoms with E-state index < -0.39 is 29.7 Å². The first-order valence-electron chi connectivity index (χ1n) is 12.2. The molecular formula is C29H28F3N3O7. The van der Waals surface area contributed by atoms with E-state index >= 15 is 0 Å². The van der Waals surface area contributed by atoms with Gasteiger partial charge in [-0.15, -0.1) is 0 Å². The van der Waals surface area contributed by atoms with Crippen molar-refractivity contribution in [2.75, 3.05) is 28.1 Å². The van der Waals surface area contributed by atoms with E-state index in [1.165, 1.54) is 52.0 Å². The molecule has 0 amide bonds. The second-order valence-electron chi connectivity index (χ2n) is 8.43. The fourth-order valence-corrected chi connectivity index (χ4v) is 3.81. The first-order chi connectivity index (χ1) is 20.1. The lowest BCUT2D eigenvalue weighted by molar-refractivity contribution is -0.137. The maximum absolute atomic E-state index is 13.1. The molecular weight excluding hydrogens is 559 g/mol. The quantitative estimate of drug-likeness (QED) is 0.158. The van der Waals surface area contributed by atoms with Gasteiger partial charge in [-0.2, -0.15) is 13.2 Å². The number of alkyl halides is 3. The summed E-state index contributed by atoms with van der Waals surface area (Å²) in [5.74, 6) is -0.948. The standard InChI is InChI=1S/C29H28F3N3O7/c1-18-8-5-11-21(26(18)42-24(38-2)16-34-39-3)22-12-7-13-23(25(28(36)37)35-40-4)27(22)41-17-33-15-19-9-6-10-20(14-19)29(30,31)32/h5-16,24H,17H2,1-4H3,(H,36,37)/b33-15+,34-16+,35-25+. The number of aliphatic imine (C=N–C) groups is 1. The molecule has 0 aliphatic rings. The van der Waals surface area contributed by atoms with Gasteiger partial charge in [0, 0.05) is 24.5 Å². The number of oxime groups is 2. The third kappa shape index (κ3) is 8.07. The van der Waals surface area contributed by atoms with Crippen LogP contribution in [0.25, 0.3) is 11.1 Å². The average Bonchev–Trinajstić information content (AvgIpc) is 2.96. The molecule has 1 unspecified atom stereocenters. The van der Waals surface area contributed by atoms with Gasteiger partial charge in [0.1, 0.15) is 31.9 Å². The maximum atomic E-state index is 13.1. The highest BCUT2D eigenvalue weighted by Crippen LogP contribution is 2.41. The smallest absolute Gasteiger partial charge is 0.416 e. The van der Waals surface area contributed by atoms with Gasteiger partial charge in [0.2, 0.25) is 6.29 Å². The van der Waals surface area contributed by atoms with Crippen molar-refractivity contribution in [2.24, 2.45) is 15.3 Å². The molecule has 10 nitrogen and oxygen atoms in total. The molecule has 0 fully saturated rings. The number of hydrogen-bond donors (Lipinski definition) is 1. The highest BCUT2D eigenvalue weighted by atomic mass is 19.4. The van der Waals surface area contributed by atoms with E-state index in [4.69, 9.17) is 23.9 Å². The van der Waals surface area contributed by atoms with Gasteiger partial charge in [0.25, 0.3) is 0 Å².